The summed E-state index contributed by atoms with van der Waals surface area (Å²) in [6.07, 6.45) is -63.7. The average Bonchev–Trinajstić information content (AvgIpc) is 3.56. The van der Waals surface area contributed by atoms with Crippen LogP contribution in [-0.2, 0) is 56.8 Å². The first kappa shape index (κ1) is 66.8. The Morgan fingerprint density at radius 3 is 0.608 bits per heavy atom. The first-order chi connectivity index (χ1) is 36.7. The maximum atomic E-state index is 11.4. The fraction of sp³-hybridized carbons (Fsp3) is 1.00. The maximum absolute atomic E-state index is 11.4. The molecule has 21 rings (SSSR count). The molecular formula is C46H82O33. The molecule has 33 heteroatoms. The lowest BCUT2D eigenvalue weighted by atomic mass is 9.80. The summed E-state index contributed by atoms with van der Waals surface area (Å²) in [5.41, 5.74) is 0. The second-order valence-electron chi connectivity index (χ2n) is 20.6. The first-order valence-electron chi connectivity index (χ1n) is 25.3. The van der Waals surface area contributed by atoms with Crippen LogP contribution < -0.4 is 0 Å². The van der Waals surface area contributed by atoms with E-state index in [1.807, 2.05) is 0 Å². The van der Waals surface area contributed by atoms with Crippen LogP contribution >= 0.6 is 0 Å². The standard InChI is InChI=1S/C44H74O33.2CH4/c45-3-10-1-13-20(53)21(54)33(10)73-40-28(61)23(56)35(14(5-47)68-40)66-12-2-11(4-46)34(22(55)19(12)52)74-41-30(63)25(58)37(16(7-49)70-41)76-43-32(65)27(60)39(18(9-51)72-43)77-44-31(64)26(59)38(17(8-50)71-44)75-42-29(62)24(57)36(67-13)15(6-48)69-42;;/h10-65H,1-9H2;2*1H4. The number of hydrogen-bond donors (Lipinski definition) is 21. The molecule has 35 unspecified atom stereocenters. The van der Waals surface area contributed by atoms with Gasteiger partial charge in [0, 0.05) is 25.0 Å². The van der Waals surface area contributed by atoms with Crippen molar-refractivity contribution in [2.24, 2.45) is 11.8 Å². The predicted molar refractivity (Wildman–Crippen MR) is 248 cm³/mol. The predicted octanol–water partition coefficient (Wildman–Crippen LogP) is -12.6. The van der Waals surface area contributed by atoms with Gasteiger partial charge in [-0.05, 0) is 12.8 Å². The van der Waals surface area contributed by atoms with Crippen molar-refractivity contribution in [1.29, 1.82) is 0 Å². The van der Waals surface area contributed by atoms with Crippen molar-refractivity contribution < 1.29 is 164 Å². The van der Waals surface area contributed by atoms with Gasteiger partial charge in [0.05, 0.1) is 57.5 Å². The number of ether oxygens (including phenoxy) is 12. The Kier molecular flexibility index (Phi) is 23.9. The van der Waals surface area contributed by atoms with Gasteiger partial charge in [0.15, 0.2) is 31.5 Å². The zero-order valence-electron chi connectivity index (χ0n) is 40.9. The van der Waals surface area contributed by atoms with Gasteiger partial charge in [0.25, 0.3) is 0 Å². The van der Waals surface area contributed by atoms with Gasteiger partial charge in [-0.3, -0.25) is 0 Å². The van der Waals surface area contributed by atoms with Gasteiger partial charge in [-0.2, -0.15) is 0 Å². The number of rotatable bonds is 7. The Balaban J connectivity index is 0.00000504. The van der Waals surface area contributed by atoms with E-state index in [9.17, 15) is 107 Å². The van der Waals surface area contributed by atoms with Crippen molar-refractivity contribution in [3.8, 4) is 0 Å². The smallest absolute Gasteiger partial charge is 0.187 e. The number of aliphatic hydroxyl groups excluding tert-OH is 21. The summed E-state index contributed by atoms with van der Waals surface area (Å²) in [4.78, 5) is 0. The minimum Gasteiger partial charge on any atom is -0.396 e. The molecular weight excluding hydrogens is 1080 g/mol. The van der Waals surface area contributed by atoms with E-state index in [0.29, 0.717) is 0 Å². The van der Waals surface area contributed by atoms with Gasteiger partial charge in [0.2, 0.25) is 0 Å². The summed E-state index contributed by atoms with van der Waals surface area (Å²) in [6.45, 7) is -6.62. The molecule has 0 radical (unpaired) electrons. The molecule has 21 N–H and O–H groups in total. The van der Waals surface area contributed by atoms with Crippen molar-refractivity contribution in [2.75, 3.05) is 46.2 Å². The van der Waals surface area contributed by atoms with E-state index in [1.54, 1.807) is 0 Å². The number of aliphatic hydroxyl groups is 21. The minimum absolute atomic E-state index is 0. The summed E-state index contributed by atoms with van der Waals surface area (Å²) < 4.78 is 69.3. The Morgan fingerprint density at radius 2 is 0.405 bits per heavy atom. The van der Waals surface area contributed by atoms with Crippen LogP contribution in [0.2, 0.25) is 0 Å². The topological polar surface area (TPSA) is 536 Å². The molecule has 0 aromatic carbocycles. The van der Waals surface area contributed by atoms with Crippen LogP contribution in [0.4, 0.5) is 0 Å². The highest BCUT2D eigenvalue weighted by atomic mass is 16.8. The fourth-order valence-electron chi connectivity index (χ4n) is 11.4. The van der Waals surface area contributed by atoms with Gasteiger partial charge in [-0.25, -0.2) is 0 Å². The molecule has 19 saturated heterocycles. The number of hydrogen-bond acceptors (Lipinski definition) is 33. The van der Waals surface area contributed by atoms with Crippen LogP contribution in [0, 0.1) is 11.8 Å². The van der Waals surface area contributed by atoms with Crippen molar-refractivity contribution in [1.82, 2.24) is 0 Å². The third-order valence-corrected chi connectivity index (χ3v) is 15.8. The highest BCUT2D eigenvalue weighted by Crippen LogP contribution is 2.40. The third-order valence-electron chi connectivity index (χ3n) is 15.8. The van der Waals surface area contributed by atoms with Gasteiger partial charge >= 0.3 is 0 Å². The van der Waals surface area contributed by atoms with E-state index < -0.39 is 273 Å². The molecule has 33 nitrogen and oxygen atoms in total. The monoisotopic (exact) mass is 1160 g/mol. The molecule has 0 aromatic heterocycles. The summed E-state index contributed by atoms with van der Waals surface area (Å²) >= 11 is 0. The highest BCUT2D eigenvalue weighted by Gasteiger charge is 2.59. The molecule has 21 aliphatic rings. The van der Waals surface area contributed by atoms with Gasteiger partial charge in [0.1, 0.15) is 146 Å². The normalized spacial score (nSPS) is 54.0. The molecule has 21 fully saturated rings. The Hall–Kier alpha value is -1.32. The lowest BCUT2D eigenvalue weighted by molar-refractivity contribution is -0.391. The molecule has 464 valence electrons. The molecule has 35 atom stereocenters. The molecule has 0 spiro atoms. The summed E-state index contributed by atoms with van der Waals surface area (Å²) in [5.74, 6) is -2.42. The average molecular weight is 1160 g/mol. The summed E-state index contributed by atoms with van der Waals surface area (Å²) in [5, 5.41) is 232. The maximum Gasteiger partial charge on any atom is 0.187 e. The second kappa shape index (κ2) is 28.3. The zero-order valence-corrected chi connectivity index (χ0v) is 40.9. The van der Waals surface area contributed by atoms with Crippen LogP contribution in [0.3, 0.4) is 0 Å². The van der Waals surface area contributed by atoms with E-state index >= 15 is 0 Å². The van der Waals surface area contributed by atoms with Crippen molar-refractivity contribution >= 4 is 0 Å². The van der Waals surface area contributed by atoms with Crippen molar-refractivity contribution in [3.63, 3.8) is 0 Å². The lowest BCUT2D eigenvalue weighted by Crippen LogP contribution is -2.68. The summed E-state index contributed by atoms with van der Waals surface area (Å²) in [7, 11) is 0. The zero-order chi connectivity index (χ0) is 56.1. The Labute approximate surface area is 451 Å². The Morgan fingerprint density at radius 1 is 0.215 bits per heavy atom. The van der Waals surface area contributed by atoms with Crippen molar-refractivity contribution in [2.45, 2.75) is 230 Å². The van der Waals surface area contributed by atoms with Crippen LogP contribution in [0.5, 0.6) is 0 Å². The van der Waals surface area contributed by atoms with Gasteiger partial charge in [-0.15, -0.1) is 0 Å². The molecule has 79 heavy (non-hydrogen) atoms. The van der Waals surface area contributed by atoms with E-state index in [0.717, 1.165) is 0 Å². The van der Waals surface area contributed by atoms with Gasteiger partial charge < -0.3 is 164 Å². The second-order valence-corrected chi connectivity index (χ2v) is 20.6. The van der Waals surface area contributed by atoms with E-state index in [2.05, 4.69) is 0 Å². The lowest BCUT2D eigenvalue weighted by Gasteiger charge is -2.50. The van der Waals surface area contributed by atoms with E-state index in [1.165, 1.54) is 0 Å². The third kappa shape index (κ3) is 13.1. The SMILES string of the molecule is C.C.OCC1CC2OC3C(CO)OC(OC4C(CO)OC(OC5C(CO)OC(OC6C(CO)OC(OC7C(CO)CC(OC8C(CO)OC(OC1C(O)C2O)C(O)C8O)C(O)C7O)C(O)C6O)C(O)C5O)C(O)C4O)C(O)C3O. The molecule has 14 bridgehead atoms. The molecule has 0 aromatic rings. The van der Waals surface area contributed by atoms with Crippen molar-refractivity contribution in [3.05, 3.63) is 0 Å². The van der Waals surface area contributed by atoms with Crippen LogP contribution in [0.25, 0.3) is 0 Å². The fourth-order valence-corrected chi connectivity index (χ4v) is 11.4. The highest BCUT2D eigenvalue weighted by molar-refractivity contribution is 5.03. The molecule has 19 aliphatic heterocycles. The first-order valence-corrected chi connectivity index (χ1v) is 25.3. The van der Waals surface area contributed by atoms with Crippen LogP contribution in [0.1, 0.15) is 27.7 Å². The molecule has 2 aliphatic carbocycles. The minimum atomic E-state index is -2.18. The Bertz CT molecular complexity index is 1470. The van der Waals surface area contributed by atoms with E-state index in [-0.39, 0.29) is 14.9 Å². The molecule has 2 saturated carbocycles. The van der Waals surface area contributed by atoms with Crippen LogP contribution in [0.15, 0.2) is 0 Å². The largest absolute Gasteiger partial charge is 0.396 e. The summed E-state index contributed by atoms with van der Waals surface area (Å²) in [6, 6.07) is 0. The van der Waals surface area contributed by atoms with E-state index in [4.69, 9.17) is 56.8 Å². The van der Waals surface area contributed by atoms with Crippen LogP contribution in [-0.4, -0.2) is 356 Å². The molecule has 19 heterocycles. The quantitative estimate of drug-likeness (QED) is 0.113. The van der Waals surface area contributed by atoms with Gasteiger partial charge in [-0.1, -0.05) is 14.9 Å². The molecule has 0 amide bonds.